The van der Waals surface area contributed by atoms with E-state index in [0.29, 0.717) is 18.1 Å². The smallest absolute Gasteiger partial charge is 0.357 e. The topological polar surface area (TPSA) is 56.5 Å². The summed E-state index contributed by atoms with van der Waals surface area (Å²) in [5, 5.41) is 0. The largest absolute Gasteiger partial charge is 0.461 e. The first kappa shape index (κ1) is 29.6. The molecule has 0 saturated carbocycles. The molecule has 0 bridgehead atoms. The lowest BCUT2D eigenvalue weighted by molar-refractivity contribution is 0.0518. The van der Waals surface area contributed by atoms with Crippen LogP contribution in [-0.2, 0) is 4.74 Å². The molecule has 0 spiro atoms. The van der Waals surface area contributed by atoms with Gasteiger partial charge in [-0.2, -0.15) is 0 Å². The van der Waals surface area contributed by atoms with Gasteiger partial charge >= 0.3 is 5.97 Å². The maximum absolute atomic E-state index is 11.6. The van der Waals surface area contributed by atoms with E-state index in [2.05, 4.69) is 29.7 Å². The standard InChI is InChI=1S/C11H13N3O2.C3H6.2C2H6.CH4/c1-4-10(13-5-2)14-8-12-7-9(14)11(15)16-6-3;1-3-2;2*1-2;/h4-5,7-8H,1-2,6H2,3H3;3H,1H2,2H3;2*1-2H3;1H4. The van der Waals surface area contributed by atoms with Gasteiger partial charge in [-0.05, 0) is 19.9 Å². The lowest BCUT2D eigenvalue weighted by atomic mass is 10.4. The van der Waals surface area contributed by atoms with Gasteiger partial charge in [-0.1, -0.05) is 54.4 Å². The van der Waals surface area contributed by atoms with Crippen LogP contribution in [-0.4, -0.2) is 28.0 Å². The van der Waals surface area contributed by atoms with Crippen molar-refractivity contribution in [1.29, 1.82) is 0 Å². The third kappa shape index (κ3) is 12.1. The lowest BCUT2D eigenvalue weighted by Gasteiger charge is -2.06. The van der Waals surface area contributed by atoms with Crippen molar-refractivity contribution in [2.24, 2.45) is 4.99 Å². The van der Waals surface area contributed by atoms with Crippen molar-refractivity contribution in [3.05, 3.63) is 56.3 Å². The molecule has 0 N–H and O–H groups in total. The van der Waals surface area contributed by atoms with Crippen LogP contribution in [0.25, 0.3) is 0 Å². The Kier molecular flexibility index (Phi) is 28.1. The number of aromatic nitrogens is 2. The molecular weight excluding hydrogens is 302 g/mol. The van der Waals surface area contributed by atoms with E-state index in [4.69, 9.17) is 4.74 Å². The molecule has 0 aliphatic heterocycles. The molecule has 5 nitrogen and oxygen atoms in total. The Morgan fingerprint density at radius 3 is 2.17 bits per heavy atom. The highest BCUT2D eigenvalue weighted by atomic mass is 16.5. The molecule has 24 heavy (non-hydrogen) atoms. The van der Waals surface area contributed by atoms with Crippen molar-refractivity contribution in [2.45, 2.75) is 49.0 Å². The molecular formula is C19H35N3O2. The first-order chi connectivity index (χ1) is 11.2. The van der Waals surface area contributed by atoms with Crippen LogP contribution in [0, 0.1) is 0 Å². The summed E-state index contributed by atoms with van der Waals surface area (Å²) in [5.41, 5.74) is 0.308. The SMILES string of the molecule is C.C=CC.C=CN=C(C=C)n1cncc1C(=O)OCC.CC.CC. The van der Waals surface area contributed by atoms with Crippen LogP contribution >= 0.6 is 0 Å². The van der Waals surface area contributed by atoms with Crippen LogP contribution in [0.5, 0.6) is 0 Å². The number of aliphatic imine (C=N–C) groups is 1. The monoisotopic (exact) mass is 337 g/mol. The van der Waals surface area contributed by atoms with E-state index in [-0.39, 0.29) is 7.43 Å². The zero-order chi connectivity index (χ0) is 18.7. The van der Waals surface area contributed by atoms with Gasteiger partial charge in [-0.25, -0.2) is 14.8 Å². The van der Waals surface area contributed by atoms with Gasteiger partial charge in [0.25, 0.3) is 0 Å². The van der Waals surface area contributed by atoms with Crippen LogP contribution in [0.4, 0.5) is 0 Å². The molecule has 0 radical (unpaired) electrons. The normalized spacial score (nSPS) is 8.33. The van der Waals surface area contributed by atoms with Crippen molar-refractivity contribution >= 4 is 11.8 Å². The summed E-state index contributed by atoms with van der Waals surface area (Å²) in [6.45, 7) is 22.4. The molecule has 0 saturated heterocycles. The Hall–Kier alpha value is -2.43. The van der Waals surface area contributed by atoms with Gasteiger partial charge < -0.3 is 4.74 Å². The second-order valence-corrected chi connectivity index (χ2v) is 3.15. The Labute approximate surface area is 148 Å². The summed E-state index contributed by atoms with van der Waals surface area (Å²) in [7, 11) is 0. The average Bonchev–Trinajstić information content (AvgIpc) is 3.07. The zero-order valence-electron chi connectivity index (χ0n) is 15.4. The molecule has 0 aliphatic carbocycles. The van der Waals surface area contributed by atoms with Crippen LogP contribution in [0.15, 0.2) is 55.6 Å². The van der Waals surface area contributed by atoms with Gasteiger partial charge in [0, 0.05) is 6.20 Å². The molecule has 1 rings (SSSR count). The van der Waals surface area contributed by atoms with Crippen molar-refractivity contribution in [3.8, 4) is 0 Å². The lowest BCUT2D eigenvalue weighted by Crippen LogP contribution is -2.16. The molecule has 0 fully saturated rings. The van der Waals surface area contributed by atoms with Crippen molar-refractivity contribution in [1.82, 2.24) is 9.55 Å². The molecule has 1 heterocycles. The first-order valence-electron chi connectivity index (χ1n) is 7.74. The molecule has 0 aliphatic rings. The van der Waals surface area contributed by atoms with E-state index in [9.17, 15) is 4.79 Å². The van der Waals surface area contributed by atoms with Gasteiger partial charge in [0.1, 0.15) is 12.2 Å². The number of hydrogen-bond donors (Lipinski definition) is 0. The van der Waals surface area contributed by atoms with E-state index in [0.717, 1.165) is 0 Å². The minimum Gasteiger partial charge on any atom is -0.461 e. The van der Waals surface area contributed by atoms with Gasteiger partial charge in [-0.15, -0.1) is 6.58 Å². The van der Waals surface area contributed by atoms with Crippen molar-refractivity contribution < 1.29 is 9.53 Å². The third-order valence-corrected chi connectivity index (χ3v) is 1.78. The maximum atomic E-state index is 11.6. The zero-order valence-corrected chi connectivity index (χ0v) is 15.4. The highest BCUT2D eigenvalue weighted by Gasteiger charge is 2.14. The number of allylic oxidation sites excluding steroid dienone is 2. The summed E-state index contributed by atoms with van der Waals surface area (Å²) in [5.74, 6) is 0.0224. The predicted molar refractivity (Wildman–Crippen MR) is 107 cm³/mol. The van der Waals surface area contributed by atoms with E-state index in [1.165, 1.54) is 29.4 Å². The van der Waals surface area contributed by atoms with Gasteiger partial charge in [0.2, 0.25) is 0 Å². The molecule has 0 amide bonds. The average molecular weight is 338 g/mol. The van der Waals surface area contributed by atoms with Crippen LogP contribution in [0.3, 0.4) is 0 Å². The van der Waals surface area contributed by atoms with Gasteiger partial charge in [0.15, 0.2) is 5.69 Å². The number of hydrogen-bond acceptors (Lipinski definition) is 4. The van der Waals surface area contributed by atoms with E-state index in [1.54, 1.807) is 13.0 Å². The quantitative estimate of drug-likeness (QED) is 0.315. The van der Waals surface area contributed by atoms with E-state index >= 15 is 0 Å². The summed E-state index contributed by atoms with van der Waals surface area (Å²) >= 11 is 0. The number of ether oxygens (including phenoxy) is 1. The Bertz CT molecular complexity index is 475. The Morgan fingerprint density at radius 2 is 1.79 bits per heavy atom. The molecule has 1 aromatic rings. The number of rotatable bonds is 4. The van der Waals surface area contributed by atoms with E-state index < -0.39 is 5.97 Å². The summed E-state index contributed by atoms with van der Waals surface area (Å²) in [6.07, 6.45) is 7.51. The van der Waals surface area contributed by atoms with Gasteiger partial charge in [-0.3, -0.25) is 4.57 Å². The molecule has 5 heteroatoms. The number of esters is 1. The number of imidazole rings is 1. The fraction of sp³-hybridized carbons (Fsp3) is 0.421. The first-order valence-corrected chi connectivity index (χ1v) is 7.74. The minimum absolute atomic E-state index is 0. The fourth-order valence-electron chi connectivity index (χ4n) is 1.14. The van der Waals surface area contributed by atoms with Crippen LogP contribution in [0.2, 0.25) is 0 Å². The second-order valence-electron chi connectivity index (χ2n) is 3.15. The Morgan fingerprint density at radius 1 is 1.29 bits per heavy atom. The molecule has 0 aromatic carbocycles. The molecule has 138 valence electrons. The maximum Gasteiger partial charge on any atom is 0.357 e. The van der Waals surface area contributed by atoms with Gasteiger partial charge in [0.05, 0.1) is 12.8 Å². The molecule has 1 aromatic heterocycles. The van der Waals surface area contributed by atoms with E-state index in [1.807, 2.05) is 34.6 Å². The summed E-state index contributed by atoms with van der Waals surface area (Å²) in [4.78, 5) is 19.4. The second kappa shape index (κ2) is 22.8. The van der Waals surface area contributed by atoms with Crippen molar-refractivity contribution in [3.63, 3.8) is 0 Å². The van der Waals surface area contributed by atoms with Crippen LogP contribution < -0.4 is 0 Å². The minimum atomic E-state index is -0.446. The number of carbonyl (C=O) groups is 1. The predicted octanol–water partition coefficient (Wildman–Crippen LogP) is 5.52. The third-order valence-electron chi connectivity index (χ3n) is 1.78. The summed E-state index contributed by atoms with van der Waals surface area (Å²) < 4.78 is 6.38. The number of carbonyl (C=O) groups excluding carboxylic acids is 1. The fourth-order valence-corrected chi connectivity index (χ4v) is 1.14. The molecule has 0 unspecified atom stereocenters. The highest BCUT2D eigenvalue weighted by molar-refractivity contribution is 6.00. The Balaban J connectivity index is -0.000000219. The number of nitrogens with zero attached hydrogens (tertiary/aromatic N) is 3. The van der Waals surface area contributed by atoms with Crippen molar-refractivity contribution in [2.75, 3.05) is 6.61 Å². The highest BCUT2D eigenvalue weighted by Crippen LogP contribution is 2.03. The summed E-state index contributed by atoms with van der Waals surface area (Å²) in [6, 6.07) is 0. The van der Waals surface area contributed by atoms with Crippen LogP contribution in [0.1, 0.15) is 59.5 Å². The molecule has 0 atom stereocenters.